The van der Waals surface area contributed by atoms with Crippen LogP contribution in [0.25, 0.3) is 0 Å². The Bertz CT molecular complexity index is 633. The van der Waals surface area contributed by atoms with Crippen LogP contribution in [0, 0.1) is 0 Å². The molecule has 0 aliphatic rings. The van der Waals surface area contributed by atoms with Gasteiger partial charge in [0.15, 0.2) is 0 Å². The van der Waals surface area contributed by atoms with E-state index in [0.29, 0.717) is 0 Å². The SMILES string of the molecule is C=Nc1cc(S(=O)(=O)O)ccc1S(=O)(=O)O.CC. The second-order valence-electron chi connectivity index (χ2n) is 2.74. The molecule has 0 aliphatic heterocycles. The standard InChI is InChI=1S/C7H7NO6S2.C2H6/c1-8-6-4-5(15(9,10)11)2-3-7(6)16(12,13)14;1-2/h2-4H,1H2,(H,9,10,11)(H,12,13,14);1-2H3. The fourth-order valence-electron chi connectivity index (χ4n) is 0.999. The van der Waals surface area contributed by atoms with E-state index in [9.17, 15) is 16.8 Å². The van der Waals surface area contributed by atoms with E-state index in [-0.39, 0.29) is 5.69 Å². The highest BCUT2D eigenvalue weighted by Crippen LogP contribution is 2.26. The molecule has 9 heteroatoms. The molecule has 0 aromatic heterocycles. The third kappa shape index (κ3) is 4.18. The monoisotopic (exact) mass is 295 g/mol. The molecule has 1 aromatic rings. The summed E-state index contributed by atoms with van der Waals surface area (Å²) in [5.74, 6) is 0. The maximum Gasteiger partial charge on any atom is 0.296 e. The summed E-state index contributed by atoms with van der Waals surface area (Å²) in [6.07, 6.45) is 0. The molecule has 1 aromatic carbocycles. The zero-order valence-electron chi connectivity index (χ0n) is 9.73. The largest absolute Gasteiger partial charge is 0.296 e. The quantitative estimate of drug-likeness (QED) is 0.644. The van der Waals surface area contributed by atoms with Crippen molar-refractivity contribution in [2.75, 3.05) is 0 Å². The average molecular weight is 295 g/mol. The van der Waals surface area contributed by atoms with Gasteiger partial charge in [0.2, 0.25) is 0 Å². The number of nitrogens with zero attached hydrogens (tertiary/aromatic N) is 1. The van der Waals surface area contributed by atoms with Crippen LogP contribution in [0.2, 0.25) is 0 Å². The molecule has 0 amide bonds. The molecule has 102 valence electrons. The number of hydrogen-bond acceptors (Lipinski definition) is 5. The molecule has 0 spiro atoms. The summed E-state index contributed by atoms with van der Waals surface area (Å²) in [6.45, 7) is 7.03. The van der Waals surface area contributed by atoms with Gasteiger partial charge >= 0.3 is 0 Å². The van der Waals surface area contributed by atoms with E-state index in [4.69, 9.17) is 9.11 Å². The Labute approximate surface area is 106 Å². The van der Waals surface area contributed by atoms with Crippen molar-refractivity contribution in [1.29, 1.82) is 0 Å². The average Bonchev–Trinajstić information content (AvgIpc) is 2.28. The summed E-state index contributed by atoms with van der Waals surface area (Å²) in [4.78, 5) is 2.12. The molecule has 2 N–H and O–H groups in total. The van der Waals surface area contributed by atoms with E-state index in [2.05, 4.69) is 11.7 Å². The van der Waals surface area contributed by atoms with Gasteiger partial charge in [0.25, 0.3) is 20.2 Å². The molecular formula is C9H13NO6S2. The minimum absolute atomic E-state index is 0.363. The third-order valence-electron chi connectivity index (χ3n) is 1.68. The van der Waals surface area contributed by atoms with Crippen LogP contribution >= 0.6 is 0 Å². The van der Waals surface area contributed by atoms with Crippen LogP contribution in [-0.2, 0) is 20.2 Å². The molecule has 0 heterocycles. The van der Waals surface area contributed by atoms with E-state index in [1.165, 1.54) is 0 Å². The minimum atomic E-state index is -4.52. The van der Waals surface area contributed by atoms with Crippen LogP contribution in [-0.4, -0.2) is 32.7 Å². The molecule has 0 saturated heterocycles. The topological polar surface area (TPSA) is 121 Å². The van der Waals surface area contributed by atoms with Crippen molar-refractivity contribution >= 4 is 32.6 Å². The summed E-state index contributed by atoms with van der Waals surface area (Å²) >= 11 is 0. The van der Waals surface area contributed by atoms with E-state index in [1.807, 2.05) is 13.8 Å². The predicted octanol–water partition coefficient (Wildman–Crippen LogP) is 1.54. The lowest BCUT2D eigenvalue weighted by Gasteiger charge is -2.03. The molecule has 18 heavy (non-hydrogen) atoms. The predicted molar refractivity (Wildman–Crippen MR) is 66.6 cm³/mol. The Morgan fingerprint density at radius 3 is 1.89 bits per heavy atom. The second kappa shape index (κ2) is 6.05. The van der Waals surface area contributed by atoms with Gasteiger partial charge in [-0.25, -0.2) is 0 Å². The second-order valence-corrected chi connectivity index (χ2v) is 5.55. The zero-order chi connectivity index (χ0) is 14.6. The molecule has 0 atom stereocenters. The highest BCUT2D eigenvalue weighted by molar-refractivity contribution is 7.86. The molecule has 0 radical (unpaired) electrons. The van der Waals surface area contributed by atoms with Crippen molar-refractivity contribution in [3.63, 3.8) is 0 Å². The van der Waals surface area contributed by atoms with Gasteiger partial charge < -0.3 is 0 Å². The summed E-state index contributed by atoms with van der Waals surface area (Å²) in [7, 11) is -8.98. The first-order chi connectivity index (χ1) is 8.16. The van der Waals surface area contributed by atoms with E-state index in [0.717, 1.165) is 18.2 Å². The molecule has 0 fully saturated rings. The van der Waals surface area contributed by atoms with Crippen LogP contribution < -0.4 is 0 Å². The molecule has 7 nitrogen and oxygen atoms in total. The third-order valence-corrected chi connectivity index (χ3v) is 3.43. The van der Waals surface area contributed by atoms with E-state index >= 15 is 0 Å². The van der Waals surface area contributed by atoms with Gasteiger partial charge in [-0.2, -0.15) is 16.8 Å². The smallest absolute Gasteiger partial charge is 0.282 e. The molecule has 0 bridgehead atoms. The number of rotatable bonds is 3. The molecule has 0 unspecified atom stereocenters. The number of benzene rings is 1. The van der Waals surface area contributed by atoms with Crippen LogP contribution in [0.15, 0.2) is 33.0 Å². The summed E-state index contributed by atoms with van der Waals surface area (Å²) in [6, 6.07) is 2.42. The Morgan fingerprint density at radius 2 is 1.56 bits per heavy atom. The maximum absolute atomic E-state index is 10.8. The molecule has 1 rings (SSSR count). The Balaban J connectivity index is 0.00000137. The lowest BCUT2D eigenvalue weighted by Crippen LogP contribution is -2.02. The Morgan fingerprint density at radius 1 is 1.06 bits per heavy atom. The summed E-state index contributed by atoms with van der Waals surface area (Å²) < 4.78 is 60.6. The van der Waals surface area contributed by atoms with Gasteiger partial charge in [-0.05, 0) is 24.9 Å². The molecule has 0 aliphatic carbocycles. The highest BCUT2D eigenvalue weighted by atomic mass is 32.2. The van der Waals surface area contributed by atoms with Gasteiger partial charge in [0, 0.05) is 0 Å². The normalized spacial score (nSPS) is 11.3. The van der Waals surface area contributed by atoms with Crippen molar-refractivity contribution in [1.82, 2.24) is 0 Å². The van der Waals surface area contributed by atoms with E-state index < -0.39 is 30.0 Å². The van der Waals surface area contributed by atoms with Gasteiger partial charge in [0.1, 0.15) is 4.90 Å². The van der Waals surface area contributed by atoms with Gasteiger partial charge in [-0.15, -0.1) is 0 Å². The van der Waals surface area contributed by atoms with Crippen LogP contribution in [0.3, 0.4) is 0 Å². The molecule has 0 saturated carbocycles. The number of hydrogen-bond donors (Lipinski definition) is 2. The van der Waals surface area contributed by atoms with Gasteiger partial charge in [-0.1, -0.05) is 13.8 Å². The zero-order valence-corrected chi connectivity index (χ0v) is 11.4. The van der Waals surface area contributed by atoms with E-state index in [1.54, 1.807) is 0 Å². The summed E-state index contributed by atoms with van der Waals surface area (Å²) in [5.41, 5.74) is -0.363. The summed E-state index contributed by atoms with van der Waals surface area (Å²) in [5, 5.41) is 0. The van der Waals surface area contributed by atoms with Gasteiger partial charge in [0.05, 0.1) is 10.6 Å². The fourth-order valence-corrected chi connectivity index (χ4v) is 2.13. The highest BCUT2D eigenvalue weighted by Gasteiger charge is 2.18. The van der Waals surface area contributed by atoms with Crippen molar-refractivity contribution < 1.29 is 25.9 Å². The first-order valence-corrected chi connectivity index (χ1v) is 7.60. The Hall–Kier alpha value is -1.29. The minimum Gasteiger partial charge on any atom is -0.282 e. The van der Waals surface area contributed by atoms with Crippen LogP contribution in [0.1, 0.15) is 13.8 Å². The van der Waals surface area contributed by atoms with Crippen LogP contribution in [0.5, 0.6) is 0 Å². The van der Waals surface area contributed by atoms with Crippen molar-refractivity contribution in [3.05, 3.63) is 18.2 Å². The number of aliphatic imine (C=N–C) groups is 1. The van der Waals surface area contributed by atoms with Crippen molar-refractivity contribution in [2.45, 2.75) is 23.6 Å². The first kappa shape index (κ1) is 16.7. The Kier molecular flexibility index (Phi) is 5.61. The van der Waals surface area contributed by atoms with Gasteiger partial charge in [-0.3, -0.25) is 14.1 Å². The molecular weight excluding hydrogens is 282 g/mol. The lowest BCUT2D eigenvalue weighted by molar-refractivity contribution is 0.478. The lowest BCUT2D eigenvalue weighted by atomic mass is 10.3. The fraction of sp³-hybridized carbons (Fsp3) is 0.222. The van der Waals surface area contributed by atoms with Crippen molar-refractivity contribution in [3.8, 4) is 0 Å². The first-order valence-electron chi connectivity index (χ1n) is 4.72. The van der Waals surface area contributed by atoms with Crippen molar-refractivity contribution in [2.24, 2.45) is 4.99 Å². The van der Waals surface area contributed by atoms with Crippen LogP contribution in [0.4, 0.5) is 5.69 Å². The maximum atomic E-state index is 10.8.